The van der Waals surface area contributed by atoms with E-state index in [1.165, 1.54) is 12.1 Å². The van der Waals surface area contributed by atoms with Gasteiger partial charge in [0.15, 0.2) is 11.5 Å². The van der Waals surface area contributed by atoms with E-state index in [4.69, 9.17) is 9.47 Å². The number of H-pyrrole nitrogens is 1. The standard InChI is InChI=1S/C34H32FN3O4/c1-3-13-42-32-18-27-21(16-31(32)41-2)11-12-38-30(27)17-28(33(38)22-7-6-8-24(35)14-22)34(40)37-25(20-39)15-23-19-36-29-10-5-4-9-26(23)29/h3-10,14,16-19,25,36,39H,1,11-13,15,20H2,2H3,(H,37,40)/t25-/m1/s1. The molecular formula is C34H32FN3O4. The summed E-state index contributed by atoms with van der Waals surface area (Å²) in [5, 5.41) is 14.3. The zero-order valence-corrected chi connectivity index (χ0v) is 23.3. The molecular weight excluding hydrogens is 533 g/mol. The van der Waals surface area contributed by atoms with E-state index in [0.29, 0.717) is 54.3 Å². The van der Waals surface area contributed by atoms with Gasteiger partial charge in [-0.05, 0) is 60.4 Å². The Kier molecular flexibility index (Phi) is 7.54. The number of aliphatic hydroxyl groups excluding tert-OH is 1. The van der Waals surface area contributed by atoms with E-state index in [2.05, 4.69) is 21.4 Å². The molecule has 0 saturated carbocycles. The van der Waals surface area contributed by atoms with E-state index in [1.807, 2.05) is 48.7 Å². The average molecular weight is 566 g/mol. The Morgan fingerprint density at radius 3 is 2.81 bits per heavy atom. The number of nitrogens with zero attached hydrogens (tertiary/aromatic N) is 1. The van der Waals surface area contributed by atoms with Crippen molar-refractivity contribution >= 4 is 16.8 Å². The molecule has 0 unspecified atom stereocenters. The van der Waals surface area contributed by atoms with Gasteiger partial charge >= 0.3 is 0 Å². The number of rotatable bonds is 10. The molecule has 6 rings (SSSR count). The number of benzene rings is 3. The normalized spacial score (nSPS) is 12.8. The number of hydrogen-bond acceptors (Lipinski definition) is 4. The van der Waals surface area contributed by atoms with Gasteiger partial charge in [0, 0.05) is 40.5 Å². The number of halogens is 1. The number of para-hydroxylation sites is 1. The lowest BCUT2D eigenvalue weighted by Gasteiger charge is -2.23. The van der Waals surface area contributed by atoms with Crippen molar-refractivity contribution in [1.29, 1.82) is 0 Å². The van der Waals surface area contributed by atoms with Crippen LogP contribution in [0.15, 0.2) is 85.6 Å². The van der Waals surface area contributed by atoms with Gasteiger partial charge in [-0.15, -0.1) is 0 Å². The highest BCUT2D eigenvalue weighted by molar-refractivity contribution is 6.02. The summed E-state index contributed by atoms with van der Waals surface area (Å²) in [5.41, 5.74) is 6.43. The number of methoxy groups -OCH3 is 1. The first-order chi connectivity index (χ1) is 20.5. The van der Waals surface area contributed by atoms with Gasteiger partial charge in [0.1, 0.15) is 12.4 Å². The molecule has 8 heteroatoms. The largest absolute Gasteiger partial charge is 0.493 e. The van der Waals surface area contributed by atoms with Crippen molar-refractivity contribution < 1.29 is 23.8 Å². The number of aryl methyl sites for hydroxylation is 1. The van der Waals surface area contributed by atoms with Crippen molar-refractivity contribution in [3.63, 3.8) is 0 Å². The summed E-state index contributed by atoms with van der Waals surface area (Å²) in [5.74, 6) is 0.474. The summed E-state index contributed by atoms with van der Waals surface area (Å²) in [6, 6.07) is 19.4. The SMILES string of the molecule is C=CCOc1cc2c(cc1OC)CCn1c-2cc(C(=O)N[C@@H](CO)Cc2c[nH]c3ccccc23)c1-c1cccc(F)c1. The first kappa shape index (κ1) is 27.4. The molecule has 2 aromatic heterocycles. The molecule has 0 aliphatic carbocycles. The lowest BCUT2D eigenvalue weighted by atomic mass is 9.97. The van der Waals surface area contributed by atoms with Crippen molar-refractivity contribution in [2.24, 2.45) is 0 Å². The van der Waals surface area contributed by atoms with Gasteiger partial charge in [-0.2, -0.15) is 0 Å². The van der Waals surface area contributed by atoms with Crippen molar-refractivity contribution in [3.8, 4) is 34.0 Å². The number of aliphatic hydroxyl groups is 1. The quantitative estimate of drug-likeness (QED) is 0.184. The molecule has 7 nitrogen and oxygen atoms in total. The first-order valence-corrected chi connectivity index (χ1v) is 13.9. The highest BCUT2D eigenvalue weighted by atomic mass is 19.1. The molecule has 1 aliphatic heterocycles. The fourth-order valence-corrected chi connectivity index (χ4v) is 5.82. The minimum absolute atomic E-state index is 0.235. The maximum Gasteiger partial charge on any atom is 0.253 e. The van der Waals surface area contributed by atoms with Crippen LogP contribution >= 0.6 is 0 Å². The van der Waals surface area contributed by atoms with Gasteiger partial charge in [0.25, 0.3) is 5.91 Å². The number of hydrogen-bond donors (Lipinski definition) is 3. The maximum absolute atomic E-state index is 14.4. The fraction of sp³-hybridized carbons (Fsp3) is 0.206. The van der Waals surface area contributed by atoms with Crippen LogP contribution in [0.1, 0.15) is 21.5 Å². The Bertz CT molecular complexity index is 1790. The van der Waals surface area contributed by atoms with E-state index < -0.39 is 6.04 Å². The van der Waals surface area contributed by atoms with E-state index in [1.54, 1.807) is 25.3 Å². The number of aromatic amines is 1. The lowest BCUT2D eigenvalue weighted by Crippen LogP contribution is -2.39. The molecule has 0 bridgehead atoms. The summed E-state index contributed by atoms with van der Waals surface area (Å²) in [7, 11) is 1.60. The van der Waals surface area contributed by atoms with Crippen LogP contribution in [0.3, 0.4) is 0 Å². The van der Waals surface area contributed by atoms with Gasteiger partial charge in [-0.25, -0.2) is 4.39 Å². The van der Waals surface area contributed by atoms with Crippen LogP contribution in [-0.2, 0) is 19.4 Å². The lowest BCUT2D eigenvalue weighted by molar-refractivity contribution is 0.0917. The van der Waals surface area contributed by atoms with Crippen LogP contribution < -0.4 is 14.8 Å². The molecule has 0 fully saturated rings. The van der Waals surface area contributed by atoms with Crippen LogP contribution in [0.4, 0.5) is 4.39 Å². The van der Waals surface area contributed by atoms with Gasteiger partial charge in [-0.3, -0.25) is 4.79 Å². The molecule has 3 aromatic carbocycles. The van der Waals surface area contributed by atoms with Gasteiger partial charge in [0.2, 0.25) is 0 Å². The Morgan fingerprint density at radius 2 is 2.02 bits per heavy atom. The van der Waals surface area contributed by atoms with Crippen LogP contribution in [0, 0.1) is 5.82 Å². The third kappa shape index (κ3) is 5.05. The molecule has 3 heterocycles. The summed E-state index contributed by atoms with van der Waals surface area (Å²) in [6.07, 6.45) is 4.71. The zero-order valence-electron chi connectivity index (χ0n) is 23.3. The second-order valence-electron chi connectivity index (χ2n) is 10.4. The number of amides is 1. The molecule has 5 aromatic rings. The Morgan fingerprint density at radius 1 is 1.17 bits per heavy atom. The molecule has 0 radical (unpaired) electrons. The molecule has 1 aliphatic rings. The number of fused-ring (bicyclic) bond motifs is 4. The van der Waals surface area contributed by atoms with E-state index in [0.717, 1.165) is 33.3 Å². The predicted molar refractivity (Wildman–Crippen MR) is 162 cm³/mol. The van der Waals surface area contributed by atoms with Gasteiger partial charge in [-0.1, -0.05) is 43.0 Å². The van der Waals surface area contributed by atoms with E-state index >= 15 is 0 Å². The van der Waals surface area contributed by atoms with Crippen molar-refractivity contribution in [2.75, 3.05) is 20.3 Å². The average Bonchev–Trinajstić information content (AvgIpc) is 3.61. The number of carbonyl (C=O) groups excluding carboxylic acids is 1. The van der Waals surface area contributed by atoms with Crippen LogP contribution in [0.25, 0.3) is 33.4 Å². The molecule has 42 heavy (non-hydrogen) atoms. The smallest absolute Gasteiger partial charge is 0.253 e. The monoisotopic (exact) mass is 565 g/mol. The highest BCUT2D eigenvalue weighted by Gasteiger charge is 2.29. The molecule has 3 N–H and O–H groups in total. The number of nitrogens with one attached hydrogen (secondary N) is 2. The number of carbonyl (C=O) groups is 1. The van der Waals surface area contributed by atoms with Gasteiger partial charge < -0.3 is 29.4 Å². The Labute approximate surface area is 243 Å². The highest BCUT2D eigenvalue weighted by Crippen LogP contribution is 2.42. The minimum atomic E-state index is -0.524. The second kappa shape index (κ2) is 11.6. The minimum Gasteiger partial charge on any atom is -0.493 e. The second-order valence-corrected chi connectivity index (χ2v) is 10.4. The summed E-state index contributed by atoms with van der Waals surface area (Å²) in [4.78, 5) is 17.2. The summed E-state index contributed by atoms with van der Waals surface area (Å²) >= 11 is 0. The summed E-state index contributed by atoms with van der Waals surface area (Å²) in [6.45, 7) is 4.41. The number of ether oxygens (including phenoxy) is 2. The molecule has 1 amide bonds. The van der Waals surface area contributed by atoms with Gasteiger partial charge in [0.05, 0.1) is 31.0 Å². The van der Waals surface area contributed by atoms with Crippen LogP contribution in [-0.4, -0.2) is 46.9 Å². The van der Waals surface area contributed by atoms with Crippen LogP contribution in [0.5, 0.6) is 11.5 Å². The van der Waals surface area contributed by atoms with Crippen molar-refractivity contribution in [2.45, 2.75) is 25.4 Å². The first-order valence-electron chi connectivity index (χ1n) is 13.9. The van der Waals surface area contributed by atoms with Crippen molar-refractivity contribution in [3.05, 3.63) is 108 Å². The van der Waals surface area contributed by atoms with Crippen molar-refractivity contribution in [1.82, 2.24) is 14.9 Å². The number of aromatic nitrogens is 2. The topological polar surface area (TPSA) is 88.5 Å². The molecule has 0 saturated heterocycles. The third-order valence-electron chi connectivity index (χ3n) is 7.76. The molecule has 0 spiro atoms. The summed E-state index contributed by atoms with van der Waals surface area (Å²) < 4.78 is 27.9. The Balaban J connectivity index is 1.40. The third-order valence-corrected chi connectivity index (χ3v) is 7.76. The van der Waals surface area contributed by atoms with Crippen LogP contribution in [0.2, 0.25) is 0 Å². The zero-order chi connectivity index (χ0) is 29.2. The molecule has 214 valence electrons. The predicted octanol–water partition coefficient (Wildman–Crippen LogP) is 5.91. The van der Waals surface area contributed by atoms with E-state index in [9.17, 15) is 14.3 Å². The fourth-order valence-electron chi connectivity index (χ4n) is 5.82. The van der Waals surface area contributed by atoms with E-state index in [-0.39, 0.29) is 18.3 Å². The maximum atomic E-state index is 14.4. The molecule has 1 atom stereocenters. The Hall–Kier alpha value is -4.82.